The van der Waals surface area contributed by atoms with Gasteiger partial charge in [-0.2, -0.15) is 0 Å². The number of Topliss-reactive ketones (excluding diaryl/α,β-unsaturated/α-hetero) is 2. The van der Waals surface area contributed by atoms with Gasteiger partial charge in [-0.1, -0.05) is 34.7 Å². The molecule has 12 atom stereocenters. The van der Waals surface area contributed by atoms with Gasteiger partial charge < -0.3 is 49.2 Å². The van der Waals surface area contributed by atoms with E-state index in [1.165, 1.54) is 32.2 Å². The van der Waals surface area contributed by atoms with Gasteiger partial charge in [0.15, 0.2) is 23.6 Å². The van der Waals surface area contributed by atoms with Crippen LogP contribution in [0, 0.1) is 11.8 Å². The van der Waals surface area contributed by atoms with Crippen LogP contribution in [0.25, 0.3) is 0 Å². The highest BCUT2D eigenvalue weighted by atomic mass is 127. The summed E-state index contributed by atoms with van der Waals surface area (Å²) >= 11 is 2.01. The van der Waals surface area contributed by atoms with Gasteiger partial charge in [-0.15, -0.1) is 0 Å². The molecule has 0 bridgehead atoms. The maximum Gasteiger partial charge on any atom is 0.202 e. The average Bonchev–Trinajstić information content (AvgIpc) is 3.14. The van der Waals surface area contributed by atoms with Crippen LogP contribution in [0.15, 0.2) is 18.2 Å². The molecule has 15 heteroatoms. The van der Waals surface area contributed by atoms with E-state index in [1.807, 2.05) is 22.6 Å². The lowest BCUT2D eigenvalue weighted by molar-refractivity contribution is -0.252. The molecule has 2 aromatic carbocycles. The number of carbonyl (C=O) groups is 4. The summed E-state index contributed by atoms with van der Waals surface area (Å²) in [6.45, 7) is 5.00. The Morgan fingerprint density at radius 3 is 2.40 bits per heavy atom. The smallest absolute Gasteiger partial charge is 0.202 e. The third kappa shape index (κ3) is 7.13. The second kappa shape index (κ2) is 15.4. The first-order valence-corrected chi connectivity index (χ1v) is 20.0. The lowest BCUT2D eigenvalue weighted by Gasteiger charge is -2.46. The van der Waals surface area contributed by atoms with Crippen LogP contribution in [0.2, 0.25) is 0 Å². The van der Waals surface area contributed by atoms with E-state index in [1.54, 1.807) is 13.8 Å². The van der Waals surface area contributed by atoms with Crippen molar-refractivity contribution in [1.29, 1.82) is 0 Å². The van der Waals surface area contributed by atoms with Crippen LogP contribution in [0.3, 0.4) is 0 Å². The van der Waals surface area contributed by atoms with Crippen molar-refractivity contribution in [3.05, 3.63) is 51.6 Å². The monoisotopic (exact) mass is 878 g/mol. The summed E-state index contributed by atoms with van der Waals surface area (Å²) in [4.78, 5) is 52.5. The van der Waals surface area contributed by atoms with Crippen LogP contribution in [0.5, 0.6) is 17.2 Å². The number of phenolic OH excluding ortho intramolecular Hbond substituents is 2. The highest BCUT2D eigenvalue weighted by Crippen LogP contribution is 2.53. The number of carbonyl (C=O) groups excluding carboxylic acids is 4. The molecule has 3 saturated heterocycles. The van der Waals surface area contributed by atoms with Crippen molar-refractivity contribution < 1.29 is 68.4 Å². The number of fused-ring (bicyclic) bond motifs is 3. The van der Waals surface area contributed by atoms with Crippen LogP contribution in [0.1, 0.15) is 108 Å². The zero-order valence-corrected chi connectivity index (χ0v) is 33.2. The molecule has 298 valence electrons. The summed E-state index contributed by atoms with van der Waals surface area (Å²) < 4.78 is 29.4. The van der Waals surface area contributed by atoms with Crippen LogP contribution in [-0.2, 0) is 35.0 Å². The van der Waals surface area contributed by atoms with Crippen LogP contribution >= 0.6 is 22.6 Å². The van der Waals surface area contributed by atoms with E-state index < -0.39 is 98.6 Å². The van der Waals surface area contributed by atoms with E-state index >= 15 is 0 Å². The number of hydrogen-bond acceptors (Lipinski definition) is 14. The van der Waals surface area contributed by atoms with E-state index in [4.69, 9.17) is 23.7 Å². The molecule has 2 aromatic rings. The molecular weight excluding hydrogens is 831 g/mol. The number of rotatable bonds is 8. The predicted molar refractivity (Wildman–Crippen MR) is 201 cm³/mol. The number of ether oxygens (including phenoxy) is 5. The second-order valence-electron chi connectivity index (χ2n) is 15.7. The summed E-state index contributed by atoms with van der Waals surface area (Å²) in [5, 5.41) is 57.7. The van der Waals surface area contributed by atoms with E-state index in [-0.39, 0.29) is 58.3 Å². The molecule has 3 aliphatic heterocycles. The number of phenols is 2. The van der Waals surface area contributed by atoms with Crippen LogP contribution in [-0.4, -0.2) is 115 Å². The third-order valence-electron chi connectivity index (χ3n) is 12.3. The molecule has 7 rings (SSSR count). The van der Waals surface area contributed by atoms with Gasteiger partial charge >= 0.3 is 0 Å². The molecule has 10 unspecified atom stereocenters. The standard InChI is InChI=1S/C40H47IO14/c1-16-23(11-21-12-26(44)19(15-52-21)10-20-8-9-25(43)17(2)53-20)36(47)33(41)39(54-16)55-28-14-40(50,18(3)42)13-24-30(28)38(49)32-31(35(24)46)34(45)22-6-5-7-27(51-4)29(22)37(32)48/h5-7,16-17,19-21,23,26,28,33,36,39,44,46-47,49-50H,8-15H2,1-4H3/t16?,17?,19?,20?,21?,23?,26?,28-,33?,36?,39?,40-/m0/s1. The normalized spacial score (nSPS) is 36.1. The predicted octanol–water partition coefficient (Wildman–Crippen LogP) is 3.41. The molecule has 0 saturated carbocycles. The maximum atomic E-state index is 14.0. The quantitative estimate of drug-likeness (QED) is 0.125. The Balaban J connectivity index is 1.10. The fourth-order valence-corrected chi connectivity index (χ4v) is 9.88. The first kappa shape index (κ1) is 40.2. The molecule has 0 radical (unpaired) electrons. The second-order valence-corrected chi connectivity index (χ2v) is 17.1. The van der Waals surface area contributed by atoms with E-state index in [2.05, 4.69) is 0 Å². The number of aromatic hydroxyl groups is 2. The van der Waals surface area contributed by atoms with Gasteiger partial charge in [0.2, 0.25) is 5.78 Å². The van der Waals surface area contributed by atoms with E-state index in [9.17, 15) is 44.7 Å². The average molecular weight is 879 g/mol. The van der Waals surface area contributed by atoms with Gasteiger partial charge in [0.1, 0.15) is 29.0 Å². The number of alkyl halides is 1. The minimum absolute atomic E-state index is 0.0340. The summed E-state index contributed by atoms with van der Waals surface area (Å²) in [7, 11) is 1.34. The van der Waals surface area contributed by atoms with E-state index in [0.717, 1.165) is 0 Å². The molecule has 3 heterocycles. The van der Waals surface area contributed by atoms with Gasteiger partial charge in [0.25, 0.3) is 0 Å². The minimum atomic E-state index is -2.07. The Labute approximate surface area is 331 Å². The molecule has 3 fully saturated rings. The number of aliphatic hydroxyl groups is 3. The maximum absolute atomic E-state index is 14.0. The minimum Gasteiger partial charge on any atom is -0.507 e. The van der Waals surface area contributed by atoms with Crippen molar-refractivity contribution in [3.8, 4) is 17.2 Å². The molecule has 5 N–H and O–H groups in total. The summed E-state index contributed by atoms with van der Waals surface area (Å²) in [6, 6.07) is 4.43. The van der Waals surface area contributed by atoms with Gasteiger partial charge in [0, 0.05) is 47.8 Å². The molecule has 55 heavy (non-hydrogen) atoms. The third-order valence-corrected chi connectivity index (χ3v) is 13.6. The molecular formula is C40H47IO14. The fraction of sp³-hybridized carbons (Fsp3) is 0.600. The number of aliphatic hydroxyl groups excluding tert-OH is 2. The van der Waals surface area contributed by atoms with Crippen LogP contribution in [0.4, 0.5) is 0 Å². The highest BCUT2D eigenvalue weighted by molar-refractivity contribution is 14.1. The summed E-state index contributed by atoms with van der Waals surface area (Å²) in [5.41, 5.74) is -3.27. The number of benzene rings is 2. The Morgan fingerprint density at radius 1 is 1.00 bits per heavy atom. The lowest BCUT2D eigenvalue weighted by Crippen LogP contribution is -2.54. The van der Waals surface area contributed by atoms with E-state index in [0.29, 0.717) is 38.7 Å². The van der Waals surface area contributed by atoms with Crippen molar-refractivity contribution in [2.24, 2.45) is 11.8 Å². The zero-order valence-electron chi connectivity index (χ0n) is 31.0. The Bertz CT molecular complexity index is 1900. The number of ketones is 4. The SMILES string of the molecule is COc1cccc2c1C(=O)c1c(O)c3c(c(O)c1C2=O)C[C@@](O)(C(C)=O)C[C@@H]3OC1OC(C)C(CC2CC(O)C(CC3CCC(=O)C(C)O3)CO2)C(O)C1I. The highest BCUT2D eigenvalue weighted by Gasteiger charge is 2.51. The van der Waals surface area contributed by atoms with Gasteiger partial charge in [-0.3, -0.25) is 19.2 Å². The van der Waals surface area contributed by atoms with Gasteiger partial charge in [-0.25, -0.2) is 0 Å². The molecule has 5 aliphatic rings. The fourth-order valence-electron chi connectivity index (χ4n) is 9.01. The van der Waals surface area contributed by atoms with Gasteiger partial charge in [-0.05, 0) is 52.5 Å². The van der Waals surface area contributed by atoms with Crippen molar-refractivity contribution in [3.63, 3.8) is 0 Å². The Kier molecular flexibility index (Phi) is 11.2. The van der Waals surface area contributed by atoms with Crippen molar-refractivity contribution in [2.75, 3.05) is 13.7 Å². The number of hydrogen-bond donors (Lipinski definition) is 5. The van der Waals surface area contributed by atoms with Gasteiger partial charge in [0.05, 0.1) is 71.0 Å². The first-order chi connectivity index (χ1) is 26.0. The van der Waals surface area contributed by atoms with Crippen molar-refractivity contribution in [1.82, 2.24) is 0 Å². The van der Waals surface area contributed by atoms with Crippen molar-refractivity contribution >= 4 is 45.7 Å². The Hall–Kier alpha value is -3.03. The van der Waals surface area contributed by atoms with Crippen LogP contribution < -0.4 is 4.74 Å². The molecule has 14 nitrogen and oxygen atoms in total. The molecule has 0 aromatic heterocycles. The Morgan fingerprint density at radius 2 is 1.73 bits per heavy atom. The first-order valence-electron chi connectivity index (χ1n) is 18.8. The molecule has 0 amide bonds. The molecule has 0 spiro atoms. The zero-order chi connectivity index (χ0) is 39.7. The summed E-state index contributed by atoms with van der Waals surface area (Å²) in [6.07, 6.45) is -4.11. The van der Waals surface area contributed by atoms with Crippen molar-refractivity contribution in [2.45, 2.75) is 124 Å². The topological polar surface area (TPSA) is 216 Å². The number of methoxy groups -OCH3 is 1. The largest absolute Gasteiger partial charge is 0.507 e. The molecule has 2 aliphatic carbocycles. The summed E-state index contributed by atoms with van der Waals surface area (Å²) in [5.74, 6) is -3.82. The lowest BCUT2D eigenvalue weighted by atomic mass is 9.72. The number of halogens is 1.